The molecule has 2 aromatic carbocycles. The molecule has 0 bridgehead atoms. The van der Waals surface area contributed by atoms with Crippen LogP contribution in [0.2, 0.25) is 0 Å². The number of amides is 1. The third kappa shape index (κ3) is 5.78. The molecule has 10 nitrogen and oxygen atoms in total. The van der Waals surface area contributed by atoms with Crippen molar-refractivity contribution in [2.45, 2.75) is 0 Å². The first-order valence-corrected chi connectivity index (χ1v) is 12.6. The fourth-order valence-corrected chi connectivity index (χ4v) is 4.43. The average molecular weight is 531 g/mol. The summed E-state index contributed by atoms with van der Waals surface area (Å²) in [7, 11) is 5.89. The van der Waals surface area contributed by atoms with Crippen molar-refractivity contribution in [2.24, 2.45) is 0 Å². The molecule has 1 aliphatic heterocycles. The van der Waals surface area contributed by atoms with Crippen LogP contribution in [0, 0.1) is 5.82 Å². The van der Waals surface area contributed by atoms with Crippen molar-refractivity contribution >= 4 is 45.6 Å². The summed E-state index contributed by atoms with van der Waals surface area (Å²) in [5.74, 6) is 0.378. The van der Waals surface area contributed by atoms with Gasteiger partial charge in [-0.05, 0) is 43.5 Å². The topological polar surface area (TPSA) is 102 Å². The van der Waals surface area contributed by atoms with Crippen molar-refractivity contribution in [1.29, 1.82) is 0 Å². The Hall–Kier alpha value is -4.64. The van der Waals surface area contributed by atoms with Crippen LogP contribution in [0.1, 0.15) is 0 Å². The summed E-state index contributed by atoms with van der Waals surface area (Å²) in [4.78, 5) is 30.4. The molecular weight excluding hydrogens is 499 g/mol. The quantitative estimate of drug-likeness (QED) is 0.285. The van der Waals surface area contributed by atoms with Gasteiger partial charge in [-0.25, -0.2) is 4.39 Å². The van der Waals surface area contributed by atoms with Crippen molar-refractivity contribution in [1.82, 2.24) is 19.9 Å². The number of halogens is 1. The van der Waals surface area contributed by atoms with E-state index in [9.17, 15) is 4.79 Å². The minimum absolute atomic E-state index is 0.243. The predicted molar refractivity (Wildman–Crippen MR) is 153 cm³/mol. The second-order valence-electron chi connectivity index (χ2n) is 9.55. The minimum atomic E-state index is -0.325. The first-order chi connectivity index (χ1) is 18.8. The van der Waals surface area contributed by atoms with E-state index in [4.69, 9.17) is 4.74 Å². The van der Waals surface area contributed by atoms with Crippen LogP contribution < -0.4 is 25.2 Å². The van der Waals surface area contributed by atoms with Gasteiger partial charge in [0.2, 0.25) is 17.7 Å². The molecule has 1 aliphatic rings. The zero-order valence-electron chi connectivity index (χ0n) is 22.2. The number of carbonyl (C=O) groups is 1. The van der Waals surface area contributed by atoms with E-state index in [1.165, 1.54) is 12.1 Å². The standard InChI is InChI=1S/C28H31FN8O2/c1-5-24(38)31-18-7-6-8-20(15-18)39-27-25-23(35(2)3)17-30-26(25)33-28(34-27)32-19-9-10-22(21(29)16-19)37-13-11-36(4)12-14-37/h5-10,15-17H,1,11-14H2,2-4H3,(H,31,38)(H2,30,32,33,34). The first kappa shape index (κ1) is 26.0. The molecule has 3 heterocycles. The molecule has 0 radical (unpaired) electrons. The molecule has 5 rings (SSSR count). The van der Waals surface area contributed by atoms with Gasteiger partial charge in [-0.1, -0.05) is 12.6 Å². The van der Waals surface area contributed by atoms with Crippen LogP contribution in [0.15, 0.2) is 61.3 Å². The number of hydrogen-bond acceptors (Lipinski definition) is 8. The number of H-pyrrole nitrogens is 1. The van der Waals surface area contributed by atoms with Gasteiger partial charge in [-0.3, -0.25) is 4.79 Å². The molecule has 0 aliphatic carbocycles. The van der Waals surface area contributed by atoms with Crippen LogP contribution in [0.3, 0.4) is 0 Å². The van der Waals surface area contributed by atoms with E-state index in [0.29, 0.717) is 39.7 Å². The molecule has 3 N–H and O–H groups in total. The van der Waals surface area contributed by atoms with Crippen molar-refractivity contribution in [2.75, 3.05) is 67.8 Å². The van der Waals surface area contributed by atoms with E-state index in [-0.39, 0.29) is 17.7 Å². The van der Waals surface area contributed by atoms with Gasteiger partial charge in [0, 0.05) is 63.9 Å². The zero-order chi connectivity index (χ0) is 27.5. The number of aromatic nitrogens is 3. The minimum Gasteiger partial charge on any atom is -0.438 e. The predicted octanol–water partition coefficient (Wildman–Crippen LogP) is 4.58. The van der Waals surface area contributed by atoms with Gasteiger partial charge in [0.15, 0.2) is 0 Å². The molecule has 0 unspecified atom stereocenters. The van der Waals surface area contributed by atoms with Crippen LogP contribution in [-0.4, -0.2) is 73.1 Å². The van der Waals surface area contributed by atoms with E-state index in [0.717, 1.165) is 31.9 Å². The number of fused-ring (bicyclic) bond motifs is 1. The number of anilines is 5. The van der Waals surface area contributed by atoms with Crippen molar-refractivity contribution in [3.05, 3.63) is 67.1 Å². The number of nitrogens with zero attached hydrogens (tertiary/aromatic N) is 5. The molecule has 0 saturated carbocycles. The molecule has 0 atom stereocenters. The van der Waals surface area contributed by atoms with Crippen LogP contribution in [0.5, 0.6) is 11.6 Å². The lowest BCUT2D eigenvalue weighted by atomic mass is 10.2. The monoisotopic (exact) mass is 530 g/mol. The highest BCUT2D eigenvalue weighted by molar-refractivity contribution is 5.99. The largest absolute Gasteiger partial charge is 0.438 e. The lowest BCUT2D eigenvalue weighted by Gasteiger charge is -2.34. The number of benzene rings is 2. The number of likely N-dealkylation sites (N-methyl/N-ethyl adjacent to an activating group) is 1. The summed E-state index contributed by atoms with van der Waals surface area (Å²) in [6, 6.07) is 12.0. The maximum absolute atomic E-state index is 15.1. The van der Waals surface area contributed by atoms with Crippen LogP contribution >= 0.6 is 0 Å². The Morgan fingerprint density at radius 2 is 1.92 bits per heavy atom. The van der Waals surface area contributed by atoms with Gasteiger partial charge in [-0.15, -0.1) is 0 Å². The van der Waals surface area contributed by atoms with Crippen molar-refractivity contribution in [3.63, 3.8) is 0 Å². The molecule has 11 heteroatoms. The van der Waals surface area contributed by atoms with E-state index in [1.807, 2.05) is 31.3 Å². The van der Waals surface area contributed by atoms with Gasteiger partial charge < -0.3 is 35.1 Å². The van der Waals surface area contributed by atoms with Gasteiger partial charge in [-0.2, -0.15) is 9.97 Å². The summed E-state index contributed by atoms with van der Waals surface area (Å²) in [6.07, 6.45) is 3.02. The fourth-order valence-electron chi connectivity index (χ4n) is 4.43. The van der Waals surface area contributed by atoms with E-state index in [2.05, 4.69) is 49.0 Å². The Bertz CT molecular complexity index is 1510. The Balaban J connectivity index is 1.45. The molecule has 4 aromatic rings. The number of nitrogens with one attached hydrogen (secondary N) is 3. The third-order valence-corrected chi connectivity index (χ3v) is 6.51. The van der Waals surface area contributed by atoms with Crippen molar-refractivity contribution < 1.29 is 13.9 Å². The summed E-state index contributed by atoms with van der Waals surface area (Å²) in [5, 5.41) is 6.52. The number of carbonyl (C=O) groups excluding carboxylic acids is 1. The maximum Gasteiger partial charge on any atom is 0.247 e. The smallest absolute Gasteiger partial charge is 0.247 e. The summed E-state index contributed by atoms with van der Waals surface area (Å²) in [5.41, 5.74) is 3.04. The second kappa shape index (κ2) is 11.0. The van der Waals surface area contributed by atoms with Gasteiger partial charge in [0.1, 0.15) is 22.6 Å². The molecule has 39 heavy (non-hydrogen) atoms. The fraction of sp³-hybridized carbons (Fsp3) is 0.250. The number of aromatic amines is 1. The molecular formula is C28H31FN8O2. The summed E-state index contributed by atoms with van der Waals surface area (Å²) < 4.78 is 21.3. The second-order valence-corrected chi connectivity index (χ2v) is 9.55. The summed E-state index contributed by atoms with van der Waals surface area (Å²) in [6.45, 7) is 6.82. The Morgan fingerprint density at radius 3 is 2.64 bits per heavy atom. The Labute approximate surface area is 226 Å². The van der Waals surface area contributed by atoms with E-state index in [1.54, 1.807) is 30.3 Å². The number of piperazine rings is 1. The molecule has 1 amide bonds. The molecule has 2 aromatic heterocycles. The normalized spacial score (nSPS) is 13.8. The molecule has 1 saturated heterocycles. The lowest BCUT2D eigenvalue weighted by molar-refractivity contribution is -0.111. The van der Waals surface area contributed by atoms with Crippen LogP contribution in [0.25, 0.3) is 11.0 Å². The highest BCUT2D eigenvalue weighted by Gasteiger charge is 2.20. The molecule has 1 fully saturated rings. The number of rotatable bonds is 8. The highest BCUT2D eigenvalue weighted by Crippen LogP contribution is 2.36. The van der Waals surface area contributed by atoms with Crippen LogP contribution in [-0.2, 0) is 4.79 Å². The van der Waals surface area contributed by atoms with Crippen molar-refractivity contribution in [3.8, 4) is 11.6 Å². The van der Waals surface area contributed by atoms with E-state index < -0.39 is 0 Å². The highest BCUT2D eigenvalue weighted by atomic mass is 19.1. The number of ether oxygens (including phenoxy) is 1. The first-order valence-electron chi connectivity index (χ1n) is 12.6. The SMILES string of the molecule is C=CC(=O)Nc1cccc(Oc2nc(Nc3ccc(N4CCN(C)CC4)c(F)c3)nc3[nH]cc(N(C)C)c23)c1. The maximum atomic E-state index is 15.1. The Kier molecular flexibility index (Phi) is 7.33. The molecule has 202 valence electrons. The van der Waals surface area contributed by atoms with Gasteiger partial charge in [0.25, 0.3) is 0 Å². The zero-order valence-corrected chi connectivity index (χ0v) is 22.2. The van der Waals surface area contributed by atoms with Crippen LogP contribution in [0.4, 0.5) is 33.1 Å². The Morgan fingerprint density at radius 1 is 1.13 bits per heavy atom. The molecule has 0 spiro atoms. The lowest BCUT2D eigenvalue weighted by Crippen LogP contribution is -2.44. The van der Waals surface area contributed by atoms with E-state index >= 15 is 4.39 Å². The third-order valence-electron chi connectivity index (χ3n) is 6.51. The van der Waals surface area contributed by atoms with Gasteiger partial charge in [0.05, 0.1) is 11.4 Å². The number of hydrogen-bond donors (Lipinski definition) is 3. The van der Waals surface area contributed by atoms with Gasteiger partial charge >= 0.3 is 0 Å². The summed E-state index contributed by atoms with van der Waals surface area (Å²) >= 11 is 0. The average Bonchev–Trinajstić information content (AvgIpc) is 3.34.